The van der Waals surface area contributed by atoms with Gasteiger partial charge in [-0.1, -0.05) is 60.2 Å². The van der Waals surface area contributed by atoms with Gasteiger partial charge in [-0.25, -0.2) is 4.98 Å². The van der Waals surface area contributed by atoms with Crippen molar-refractivity contribution in [1.82, 2.24) is 14.7 Å². The first-order chi connectivity index (χ1) is 16.1. The van der Waals surface area contributed by atoms with Gasteiger partial charge in [-0.3, -0.25) is 4.79 Å². The number of fused-ring (bicyclic) bond motifs is 1. The van der Waals surface area contributed by atoms with Crippen molar-refractivity contribution in [1.29, 1.82) is 0 Å². The number of aryl methyl sites for hydroxylation is 1. The summed E-state index contributed by atoms with van der Waals surface area (Å²) < 4.78 is 4.57. The van der Waals surface area contributed by atoms with Crippen LogP contribution in [0, 0.1) is 12.8 Å². The second-order valence-corrected chi connectivity index (χ2v) is 9.59. The molecule has 1 N–H and O–H groups in total. The first-order valence-corrected chi connectivity index (χ1v) is 12.3. The Kier molecular flexibility index (Phi) is 6.35. The van der Waals surface area contributed by atoms with Gasteiger partial charge < -0.3 is 10.2 Å². The van der Waals surface area contributed by atoms with Crippen LogP contribution in [-0.2, 0) is 6.42 Å². The number of carbonyl (C=O) groups excluding carboxylic acids is 1. The molecule has 168 valence electrons. The van der Waals surface area contributed by atoms with Gasteiger partial charge >= 0.3 is 0 Å². The number of amides is 1. The van der Waals surface area contributed by atoms with Gasteiger partial charge in [0.05, 0.1) is 0 Å². The molecule has 4 aromatic rings. The second-order valence-electron chi connectivity index (χ2n) is 8.86. The van der Waals surface area contributed by atoms with Gasteiger partial charge in [0.1, 0.15) is 5.82 Å². The zero-order valence-corrected chi connectivity index (χ0v) is 19.6. The summed E-state index contributed by atoms with van der Waals surface area (Å²) in [5.74, 6) is 1.39. The number of rotatable bonds is 6. The first kappa shape index (κ1) is 21.6. The summed E-state index contributed by atoms with van der Waals surface area (Å²) in [6.45, 7) is 4.72. The minimum atomic E-state index is 0.00746. The van der Waals surface area contributed by atoms with E-state index in [0.29, 0.717) is 12.5 Å². The molecule has 6 heteroatoms. The molecule has 0 radical (unpaired) electrons. The molecule has 0 atom stereocenters. The summed E-state index contributed by atoms with van der Waals surface area (Å²) >= 11 is 1.49. The van der Waals surface area contributed by atoms with Crippen LogP contribution < -0.4 is 10.2 Å². The SMILES string of the molecule is Cc1ccc(Cc2nsc(N3CCC(CNC(=O)c4ccc5ccccc5c4)CC3)n2)cc1. The highest BCUT2D eigenvalue weighted by Crippen LogP contribution is 2.25. The standard InChI is InChI=1S/C27H28N4OS/c1-19-6-8-20(9-7-19)16-25-29-27(33-30-25)31-14-12-21(13-15-31)18-28-26(32)24-11-10-22-4-2-3-5-23(22)17-24/h2-11,17,21H,12-16,18H2,1H3,(H,28,32). The molecule has 1 aliphatic heterocycles. The lowest BCUT2D eigenvalue weighted by Gasteiger charge is -2.31. The monoisotopic (exact) mass is 456 g/mol. The van der Waals surface area contributed by atoms with Crippen LogP contribution >= 0.6 is 11.5 Å². The molecule has 1 aliphatic rings. The van der Waals surface area contributed by atoms with E-state index in [-0.39, 0.29) is 5.91 Å². The molecule has 0 aliphatic carbocycles. The Hall–Kier alpha value is -3.25. The largest absolute Gasteiger partial charge is 0.352 e. The topological polar surface area (TPSA) is 58.1 Å². The Bertz CT molecular complexity index is 1240. The summed E-state index contributed by atoms with van der Waals surface area (Å²) in [4.78, 5) is 19.8. The molecule has 2 heterocycles. The lowest BCUT2D eigenvalue weighted by Crippen LogP contribution is -2.38. The van der Waals surface area contributed by atoms with Crippen molar-refractivity contribution in [2.45, 2.75) is 26.2 Å². The number of carbonyl (C=O) groups is 1. The van der Waals surface area contributed by atoms with E-state index >= 15 is 0 Å². The van der Waals surface area contributed by atoms with E-state index < -0.39 is 0 Å². The summed E-state index contributed by atoms with van der Waals surface area (Å²) in [7, 11) is 0. The third-order valence-electron chi connectivity index (χ3n) is 6.39. The van der Waals surface area contributed by atoms with Crippen LogP contribution in [0.15, 0.2) is 66.7 Å². The smallest absolute Gasteiger partial charge is 0.251 e. The van der Waals surface area contributed by atoms with Crippen LogP contribution in [0.25, 0.3) is 10.8 Å². The molecule has 3 aromatic carbocycles. The highest BCUT2D eigenvalue weighted by atomic mass is 32.1. The summed E-state index contributed by atoms with van der Waals surface area (Å²) in [6, 6.07) is 22.6. The minimum Gasteiger partial charge on any atom is -0.352 e. The number of nitrogens with zero attached hydrogens (tertiary/aromatic N) is 3. The zero-order chi connectivity index (χ0) is 22.6. The molecule has 0 saturated carbocycles. The van der Waals surface area contributed by atoms with E-state index in [1.807, 2.05) is 36.4 Å². The van der Waals surface area contributed by atoms with Crippen molar-refractivity contribution < 1.29 is 4.79 Å². The molecule has 1 amide bonds. The van der Waals surface area contributed by atoms with Gasteiger partial charge in [-0.05, 0) is 54.2 Å². The highest BCUT2D eigenvalue weighted by molar-refractivity contribution is 7.09. The van der Waals surface area contributed by atoms with E-state index in [1.54, 1.807) is 0 Å². The Morgan fingerprint density at radius 3 is 2.58 bits per heavy atom. The van der Waals surface area contributed by atoms with Crippen molar-refractivity contribution in [3.8, 4) is 0 Å². The number of anilines is 1. The molecular formula is C27H28N4OS. The maximum atomic E-state index is 12.7. The molecule has 5 nitrogen and oxygen atoms in total. The maximum Gasteiger partial charge on any atom is 0.251 e. The third kappa shape index (κ3) is 5.22. The van der Waals surface area contributed by atoms with E-state index in [4.69, 9.17) is 4.98 Å². The van der Waals surface area contributed by atoms with Gasteiger partial charge in [0, 0.05) is 43.2 Å². The number of piperidine rings is 1. The fourth-order valence-electron chi connectivity index (χ4n) is 4.33. The summed E-state index contributed by atoms with van der Waals surface area (Å²) in [6.07, 6.45) is 2.86. The lowest BCUT2D eigenvalue weighted by molar-refractivity contribution is 0.0945. The van der Waals surface area contributed by atoms with Crippen molar-refractivity contribution >= 4 is 33.3 Å². The Balaban J connectivity index is 1.11. The van der Waals surface area contributed by atoms with Crippen LogP contribution in [0.4, 0.5) is 5.13 Å². The van der Waals surface area contributed by atoms with Crippen LogP contribution in [0.2, 0.25) is 0 Å². The lowest BCUT2D eigenvalue weighted by atomic mass is 9.97. The summed E-state index contributed by atoms with van der Waals surface area (Å²) in [5, 5.41) is 6.40. The fourth-order valence-corrected chi connectivity index (χ4v) is 5.07. The Morgan fingerprint density at radius 2 is 1.79 bits per heavy atom. The molecule has 5 rings (SSSR count). The van der Waals surface area contributed by atoms with Crippen molar-refractivity contribution in [2.75, 3.05) is 24.5 Å². The van der Waals surface area contributed by atoms with Crippen molar-refractivity contribution in [3.63, 3.8) is 0 Å². The normalized spacial score (nSPS) is 14.5. The first-order valence-electron chi connectivity index (χ1n) is 11.5. The number of benzene rings is 3. The minimum absolute atomic E-state index is 0.00746. The highest BCUT2D eigenvalue weighted by Gasteiger charge is 2.22. The van der Waals surface area contributed by atoms with E-state index in [1.165, 1.54) is 22.7 Å². The molecule has 1 saturated heterocycles. The van der Waals surface area contributed by atoms with Gasteiger partial charge in [0.25, 0.3) is 5.91 Å². The number of aromatic nitrogens is 2. The van der Waals surface area contributed by atoms with Crippen LogP contribution in [0.3, 0.4) is 0 Å². The van der Waals surface area contributed by atoms with E-state index in [0.717, 1.165) is 59.6 Å². The molecule has 0 unspecified atom stereocenters. The van der Waals surface area contributed by atoms with Gasteiger partial charge in [-0.15, -0.1) is 0 Å². The molecule has 1 fully saturated rings. The molecular weight excluding hydrogens is 428 g/mol. The van der Waals surface area contributed by atoms with Crippen LogP contribution in [0.1, 0.15) is 40.2 Å². The van der Waals surface area contributed by atoms with Crippen LogP contribution in [0.5, 0.6) is 0 Å². The molecule has 0 bridgehead atoms. The maximum absolute atomic E-state index is 12.7. The number of hydrogen-bond acceptors (Lipinski definition) is 5. The predicted octanol–water partition coefficient (Wildman–Crippen LogP) is 5.24. The van der Waals surface area contributed by atoms with Crippen LogP contribution in [-0.4, -0.2) is 34.9 Å². The average Bonchev–Trinajstić information content (AvgIpc) is 3.32. The fraction of sp³-hybridized carbons (Fsp3) is 0.296. The number of hydrogen-bond donors (Lipinski definition) is 1. The third-order valence-corrected chi connectivity index (χ3v) is 7.20. The number of nitrogens with one attached hydrogen (secondary N) is 1. The Morgan fingerprint density at radius 1 is 1.03 bits per heavy atom. The van der Waals surface area contributed by atoms with Gasteiger partial charge in [0.2, 0.25) is 5.13 Å². The predicted molar refractivity (Wildman–Crippen MR) is 135 cm³/mol. The summed E-state index contributed by atoms with van der Waals surface area (Å²) in [5.41, 5.74) is 3.23. The van der Waals surface area contributed by atoms with Gasteiger partial charge in [-0.2, -0.15) is 4.37 Å². The molecule has 33 heavy (non-hydrogen) atoms. The van der Waals surface area contributed by atoms with E-state index in [2.05, 4.69) is 51.8 Å². The van der Waals surface area contributed by atoms with Gasteiger partial charge in [0.15, 0.2) is 0 Å². The average molecular weight is 457 g/mol. The second kappa shape index (κ2) is 9.71. The van der Waals surface area contributed by atoms with Crippen molar-refractivity contribution in [2.24, 2.45) is 5.92 Å². The Labute approximate surface area is 198 Å². The quantitative estimate of drug-likeness (QED) is 0.431. The van der Waals surface area contributed by atoms with Crippen molar-refractivity contribution in [3.05, 3.63) is 89.2 Å². The molecule has 1 aromatic heterocycles. The van der Waals surface area contributed by atoms with E-state index in [9.17, 15) is 4.79 Å². The molecule has 0 spiro atoms. The zero-order valence-electron chi connectivity index (χ0n) is 18.8.